The Morgan fingerprint density at radius 1 is 1.13 bits per heavy atom. The van der Waals surface area contributed by atoms with Gasteiger partial charge in [0.1, 0.15) is 12.4 Å². The molecule has 1 N–H and O–H groups in total. The van der Waals surface area contributed by atoms with E-state index < -0.39 is 0 Å². The average molecular weight is 311 g/mol. The van der Waals surface area contributed by atoms with Gasteiger partial charge in [0.25, 0.3) is 0 Å². The van der Waals surface area contributed by atoms with E-state index in [-0.39, 0.29) is 0 Å². The Hall–Kier alpha value is -1.84. The van der Waals surface area contributed by atoms with Gasteiger partial charge >= 0.3 is 0 Å². The van der Waals surface area contributed by atoms with Crippen molar-refractivity contribution in [2.75, 3.05) is 13.2 Å². The first-order valence-electron chi connectivity index (χ1n) is 8.39. The van der Waals surface area contributed by atoms with Crippen LogP contribution in [-0.4, -0.2) is 19.3 Å². The van der Waals surface area contributed by atoms with Crippen molar-refractivity contribution in [3.05, 3.63) is 65.2 Å². The minimum atomic E-state index is 0.385. The fraction of sp³-hybridized carbons (Fsp3) is 0.400. The molecule has 0 amide bonds. The molecule has 0 aromatic heterocycles. The summed E-state index contributed by atoms with van der Waals surface area (Å²) in [5.41, 5.74) is 3.70. The van der Waals surface area contributed by atoms with Crippen LogP contribution < -0.4 is 10.1 Å². The fourth-order valence-corrected chi connectivity index (χ4v) is 2.78. The van der Waals surface area contributed by atoms with Gasteiger partial charge in [0, 0.05) is 19.7 Å². The van der Waals surface area contributed by atoms with E-state index >= 15 is 0 Å². The standard InChI is InChI=1S/C20H25NO2/c1-16-7-9-17(10-8-16)15-23-19-5-2-4-18(12-19)13-21-14-20-6-3-11-22-20/h2,4-5,7-10,12,20-21H,3,6,11,13-15H2,1H3. The zero-order chi connectivity index (χ0) is 15.9. The second kappa shape index (κ2) is 8.14. The van der Waals surface area contributed by atoms with E-state index in [4.69, 9.17) is 9.47 Å². The molecule has 0 aliphatic carbocycles. The van der Waals surface area contributed by atoms with Crippen molar-refractivity contribution in [1.82, 2.24) is 5.32 Å². The minimum absolute atomic E-state index is 0.385. The van der Waals surface area contributed by atoms with E-state index in [1.165, 1.54) is 29.5 Å². The van der Waals surface area contributed by atoms with Crippen LogP contribution in [0.25, 0.3) is 0 Å². The van der Waals surface area contributed by atoms with E-state index in [1.54, 1.807) is 0 Å². The van der Waals surface area contributed by atoms with Gasteiger partial charge < -0.3 is 14.8 Å². The van der Waals surface area contributed by atoms with Crippen molar-refractivity contribution >= 4 is 0 Å². The normalized spacial score (nSPS) is 17.3. The molecular weight excluding hydrogens is 286 g/mol. The third-order valence-corrected chi connectivity index (χ3v) is 4.15. The summed E-state index contributed by atoms with van der Waals surface area (Å²) in [6, 6.07) is 16.8. The van der Waals surface area contributed by atoms with Gasteiger partial charge in [0.15, 0.2) is 0 Å². The van der Waals surface area contributed by atoms with E-state index in [9.17, 15) is 0 Å². The second-order valence-electron chi connectivity index (χ2n) is 6.19. The van der Waals surface area contributed by atoms with Crippen LogP contribution in [-0.2, 0) is 17.9 Å². The van der Waals surface area contributed by atoms with E-state index in [1.807, 2.05) is 12.1 Å². The number of aryl methyl sites for hydroxylation is 1. The molecule has 1 saturated heterocycles. The number of ether oxygens (including phenoxy) is 2. The predicted octanol–water partition coefficient (Wildman–Crippen LogP) is 3.84. The molecule has 1 aliphatic heterocycles. The van der Waals surface area contributed by atoms with Crippen LogP contribution in [0.3, 0.4) is 0 Å². The highest BCUT2D eigenvalue weighted by Crippen LogP contribution is 2.16. The number of hydrogen-bond donors (Lipinski definition) is 1. The first-order valence-corrected chi connectivity index (χ1v) is 8.39. The van der Waals surface area contributed by atoms with Crippen LogP contribution in [0.4, 0.5) is 0 Å². The molecule has 2 aromatic carbocycles. The molecule has 1 heterocycles. The Morgan fingerprint density at radius 2 is 2.00 bits per heavy atom. The van der Waals surface area contributed by atoms with Crippen molar-refractivity contribution in [2.24, 2.45) is 0 Å². The Balaban J connectivity index is 1.47. The average Bonchev–Trinajstić information content (AvgIpc) is 3.08. The highest BCUT2D eigenvalue weighted by atomic mass is 16.5. The smallest absolute Gasteiger partial charge is 0.120 e. The molecule has 122 valence electrons. The van der Waals surface area contributed by atoms with Gasteiger partial charge in [-0.1, -0.05) is 42.0 Å². The molecule has 3 nitrogen and oxygen atoms in total. The summed E-state index contributed by atoms with van der Waals surface area (Å²) >= 11 is 0. The van der Waals surface area contributed by atoms with Crippen LogP contribution in [0, 0.1) is 6.92 Å². The molecule has 0 saturated carbocycles. The Morgan fingerprint density at radius 3 is 2.78 bits per heavy atom. The molecule has 0 radical (unpaired) electrons. The Labute approximate surface area is 138 Å². The van der Waals surface area contributed by atoms with Crippen molar-refractivity contribution in [1.29, 1.82) is 0 Å². The lowest BCUT2D eigenvalue weighted by Gasteiger charge is -2.12. The molecule has 1 unspecified atom stereocenters. The summed E-state index contributed by atoms with van der Waals surface area (Å²) < 4.78 is 11.5. The van der Waals surface area contributed by atoms with Gasteiger partial charge in [-0.25, -0.2) is 0 Å². The number of benzene rings is 2. The summed E-state index contributed by atoms with van der Waals surface area (Å²) in [5.74, 6) is 0.919. The van der Waals surface area contributed by atoms with Gasteiger partial charge in [0.05, 0.1) is 6.10 Å². The Bertz CT molecular complexity index is 603. The highest BCUT2D eigenvalue weighted by molar-refractivity contribution is 5.29. The number of rotatable bonds is 7. The molecular formula is C20H25NO2. The lowest BCUT2D eigenvalue weighted by Crippen LogP contribution is -2.25. The topological polar surface area (TPSA) is 30.5 Å². The zero-order valence-electron chi connectivity index (χ0n) is 13.8. The lowest BCUT2D eigenvalue weighted by molar-refractivity contribution is 0.110. The molecule has 1 aliphatic rings. The summed E-state index contributed by atoms with van der Waals surface area (Å²) in [4.78, 5) is 0. The monoisotopic (exact) mass is 311 g/mol. The molecule has 0 spiro atoms. The third-order valence-electron chi connectivity index (χ3n) is 4.15. The van der Waals surface area contributed by atoms with Gasteiger partial charge in [-0.2, -0.15) is 0 Å². The largest absolute Gasteiger partial charge is 0.489 e. The van der Waals surface area contributed by atoms with Crippen LogP contribution >= 0.6 is 0 Å². The van der Waals surface area contributed by atoms with Gasteiger partial charge in [0.2, 0.25) is 0 Å². The molecule has 3 rings (SSSR count). The van der Waals surface area contributed by atoms with Gasteiger partial charge in [-0.3, -0.25) is 0 Å². The summed E-state index contributed by atoms with van der Waals surface area (Å²) in [6.07, 6.45) is 2.75. The van der Waals surface area contributed by atoms with E-state index in [0.717, 1.165) is 25.4 Å². The molecule has 23 heavy (non-hydrogen) atoms. The molecule has 1 atom stereocenters. The van der Waals surface area contributed by atoms with Crippen LogP contribution in [0.1, 0.15) is 29.5 Å². The number of hydrogen-bond acceptors (Lipinski definition) is 3. The first-order chi connectivity index (χ1) is 11.3. The van der Waals surface area contributed by atoms with Crippen LogP contribution in [0.5, 0.6) is 5.75 Å². The van der Waals surface area contributed by atoms with Crippen molar-refractivity contribution < 1.29 is 9.47 Å². The van der Waals surface area contributed by atoms with Gasteiger partial charge in [-0.05, 0) is 43.0 Å². The van der Waals surface area contributed by atoms with Gasteiger partial charge in [-0.15, -0.1) is 0 Å². The summed E-state index contributed by atoms with van der Waals surface area (Å²) in [6.45, 7) is 5.38. The zero-order valence-corrected chi connectivity index (χ0v) is 13.8. The molecule has 3 heteroatoms. The quantitative estimate of drug-likeness (QED) is 0.842. The SMILES string of the molecule is Cc1ccc(COc2cccc(CNCC3CCCO3)c2)cc1. The Kier molecular flexibility index (Phi) is 5.67. The van der Waals surface area contributed by atoms with Crippen molar-refractivity contribution in [2.45, 2.75) is 39.0 Å². The fourth-order valence-electron chi connectivity index (χ4n) is 2.78. The third kappa shape index (κ3) is 5.08. The summed E-state index contributed by atoms with van der Waals surface area (Å²) in [7, 11) is 0. The maximum absolute atomic E-state index is 5.90. The lowest BCUT2D eigenvalue weighted by atomic mass is 10.1. The maximum atomic E-state index is 5.90. The summed E-state index contributed by atoms with van der Waals surface area (Å²) in [5, 5.41) is 3.47. The predicted molar refractivity (Wildman–Crippen MR) is 92.6 cm³/mol. The van der Waals surface area contributed by atoms with E-state index in [0.29, 0.717) is 12.7 Å². The molecule has 0 bridgehead atoms. The minimum Gasteiger partial charge on any atom is -0.489 e. The maximum Gasteiger partial charge on any atom is 0.120 e. The second-order valence-corrected chi connectivity index (χ2v) is 6.19. The van der Waals surface area contributed by atoms with Crippen molar-refractivity contribution in [3.63, 3.8) is 0 Å². The first kappa shape index (κ1) is 16.0. The highest BCUT2D eigenvalue weighted by Gasteiger charge is 2.14. The van der Waals surface area contributed by atoms with Crippen molar-refractivity contribution in [3.8, 4) is 5.75 Å². The molecule has 2 aromatic rings. The van der Waals surface area contributed by atoms with Crippen LogP contribution in [0.2, 0.25) is 0 Å². The number of nitrogens with one attached hydrogen (secondary N) is 1. The van der Waals surface area contributed by atoms with E-state index in [2.05, 4.69) is 48.6 Å². The molecule has 1 fully saturated rings. The van der Waals surface area contributed by atoms with Crippen LogP contribution in [0.15, 0.2) is 48.5 Å².